The fourth-order valence-electron chi connectivity index (χ4n) is 5.02. The number of benzene rings is 4. The van der Waals surface area contributed by atoms with Crippen LogP contribution in [-0.4, -0.2) is 38.5 Å². The molecule has 6 rings (SSSR count). The van der Waals surface area contributed by atoms with Crippen molar-refractivity contribution in [3.05, 3.63) is 136 Å². The SMILES string of the molecule is C[C@@H](c1ccc(O)cc1)N1C(=O)c2ccccc2C1=O.Cc1ccc([C@H](C)N2C(=O)c3ccccc3C2=O)cc1. The fraction of sp³-hybridized carbons (Fsp3) is 0.152. The van der Waals surface area contributed by atoms with Crippen LogP contribution in [0.3, 0.4) is 0 Å². The maximum atomic E-state index is 12.4. The monoisotopic (exact) mass is 532 g/mol. The molecular weight excluding hydrogens is 504 g/mol. The first kappa shape index (κ1) is 26.6. The Labute approximate surface area is 232 Å². The van der Waals surface area contributed by atoms with Crippen LogP contribution in [0.1, 0.15) is 84.1 Å². The number of rotatable bonds is 4. The first-order valence-corrected chi connectivity index (χ1v) is 13.0. The number of phenols is 1. The largest absolute Gasteiger partial charge is 0.508 e. The first-order valence-electron chi connectivity index (χ1n) is 13.0. The highest BCUT2D eigenvalue weighted by molar-refractivity contribution is 6.22. The van der Waals surface area contributed by atoms with Gasteiger partial charge in [0.25, 0.3) is 23.6 Å². The molecule has 2 heterocycles. The molecule has 0 saturated carbocycles. The van der Waals surface area contributed by atoms with E-state index in [1.54, 1.807) is 79.7 Å². The van der Waals surface area contributed by atoms with Gasteiger partial charge in [0, 0.05) is 0 Å². The van der Waals surface area contributed by atoms with Gasteiger partial charge in [0.05, 0.1) is 34.3 Å². The molecule has 0 bridgehead atoms. The molecule has 0 fully saturated rings. The van der Waals surface area contributed by atoms with Gasteiger partial charge in [0.2, 0.25) is 0 Å². The molecule has 4 aromatic rings. The molecule has 7 nitrogen and oxygen atoms in total. The molecule has 200 valence electrons. The highest BCUT2D eigenvalue weighted by Crippen LogP contribution is 2.32. The van der Waals surface area contributed by atoms with E-state index in [1.165, 1.54) is 9.80 Å². The van der Waals surface area contributed by atoms with Crippen LogP contribution in [0.25, 0.3) is 0 Å². The number of aromatic hydroxyl groups is 1. The Morgan fingerprint density at radius 1 is 0.500 bits per heavy atom. The number of hydrogen-bond acceptors (Lipinski definition) is 5. The van der Waals surface area contributed by atoms with Crippen molar-refractivity contribution >= 4 is 23.6 Å². The molecule has 0 aliphatic carbocycles. The van der Waals surface area contributed by atoms with Gasteiger partial charge in [-0.05, 0) is 68.3 Å². The third kappa shape index (κ3) is 4.66. The number of amides is 4. The quantitative estimate of drug-likeness (QED) is 0.321. The van der Waals surface area contributed by atoms with Crippen molar-refractivity contribution in [1.82, 2.24) is 9.80 Å². The molecule has 0 radical (unpaired) electrons. The highest BCUT2D eigenvalue weighted by atomic mass is 16.3. The number of nitrogens with zero attached hydrogens (tertiary/aromatic N) is 2. The van der Waals surface area contributed by atoms with Crippen molar-refractivity contribution in [1.29, 1.82) is 0 Å². The van der Waals surface area contributed by atoms with Crippen LogP contribution in [0, 0.1) is 6.92 Å². The molecule has 2 aliphatic rings. The molecule has 0 aromatic heterocycles. The Balaban J connectivity index is 0.000000161. The molecule has 1 N–H and O–H groups in total. The van der Waals surface area contributed by atoms with Crippen LogP contribution >= 0.6 is 0 Å². The van der Waals surface area contributed by atoms with Gasteiger partial charge in [-0.1, -0.05) is 66.2 Å². The lowest BCUT2D eigenvalue weighted by Gasteiger charge is -2.23. The first-order chi connectivity index (χ1) is 19.2. The number of phenolic OH excluding ortho intramolecular Hbond substituents is 1. The summed E-state index contributed by atoms with van der Waals surface area (Å²) in [5.74, 6) is -0.807. The van der Waals surface area contributed by atoms with Crippen molar-refractivity contribution in [2.45, 2.75) is 32.9 Å². The second kappa shape index (κ2) is 10.6. The summed E-state index contributed by atoms with van der Waals surface area (Å²) in [4.78, 5) is 52.1. The van der Waals surface area contributed by atoms with Gasteiger partial charge in [-0.25, -0.2) is 0 Å². The number of carbonyl (C=O) groups excluding carboxylic acids is 4. The Hall–Kier alpha value is -5.04. The number of imide groups is 2. The average molecular weight is 533 g/mol. The van der Waals surface area contributed by atoms with Gasteiger partial charge in [0.1, 0.15) is 5.75 Å². The van der Waals surface area contributed by atoms with Crippen LogP contribution < -0.4 is 0 Å². The van der Waals surface area contributed by atoms with Gasteiger partial charge >= 0.3 is 0 Å². The van der Waals surface area contributed by atoms with E-state index in [9.17, 15) is 24.3 Å². The summed E-state index contributed by atoms with van der Waals surface area (Å²) in [7, 11) is 0. The lowest BCUT2D eigenvalue weighted by molar-refractivity contribution is 0.0579. The van der Waals surface area contributed by atoms with E-state index < -0.39 is 0 Å². The summed E-state index contributed by atoms with van der Waals surface area (Å²) in [6, 6.07) is 27.6. The predicted molar refractivity (Wildman–Crippen MR) is 150 cm³/mol. The summed E-state index contributed by atoms with van der Waals surface area (Å²) in [5, 5.41) is 9.30. The summed E-state index contributed by atoms with van der Waals surface area (Å²) < 4.78 is 0. The van der Waals surface area contributed by atoms with Crippen LogP contribution in [0.5, 0.6) is 5.75 Å². The second-order valence-corrected chi connectivity index (χ2v) is 9.91. The molecular formula is C33H28N2O5. The third-order valence-corrected chi connectivity index (χ3v) is 7.36. The van der Waals surface area contributed by atoms with Gasteiger partial charge in [-0.15, -0.1) is 0 Å². The van der Waals surface area contributed by atoms with Crippen LogP contribution in [0.4, 0.5) is 0 Å². The molecule has 0 saturated heterocycles. The van der Waals surface area contributed by atoms with E-state index >= 15 is 0 Å². The third-order valence-electron chi connectivity index (χ3n) is 7.36. The van der Waals surface area contributed by atoms with Crippen molar-refractivity contribution in [2.24, 2.45) is 0 Å². The Morgan fingerprint density at radius 3 is 1.12 bits per heavy atom. The van der Waals surface area contributed by atoms with Crippen LogP contribution in [-0.2, 0) is 0 Å². The zero-order valence-electron chi connectivity index (χ0n) is 22.4. The van der Waals surface area contributed by atoms with Gasteiger partial charge in [0.15, 0.2) is 0 Å². The number of fused-ring (bicyclic) bond motifs is 2. The van der Waals surface area contributed by atoms with Crippen molar-refractivity contribution in [2.75, 3.05) is 0 Å². The van der Waals surface area contributed by atoms with Crippen LogP contribution in [0.2, 0.25) is 0 Å². The maximum Gasteiger partial charge on any atom is 0.262 e. The predicted octanol–water partition coefficient (Wildman–Crippen LogP) is 6.10. The minimum Gasteiger partial charge on any atom is -0.508 e. The number of aryl methyl sites for hydroxylation is 1. The Morgan fingerprint density at radius 2 is 0.800 bits per heavy atom. The molecule has 2 atom stereocenters. The summed E-state index contributed by atoms with van der Waals surface area (Å²) in [5.41, 5.74) is 4.81. The van der Waals surface area contributed by atoms with Crippen molar-refractivity contribution in [3.63, 3.8) is 0 Å². The molecule has 2 aliphatic heterocycles. The topological polar surface area (TPSA) is 95.0 Å². The van der Waals surface area contributed by atoms with E-state index in [0.29, 0.717) is 22.3 Å². The summed E-state index contributed by atoms with van der Waals surface area (Å²) in [6.07, 6.45) is 0. The molecule has 40 heavy (non-hydrogen) atoms. The summed E-state index contributed by atoms with van der Waals surface area (Å²) >= 11 is 0. The van der Waals surface area contributed by atoms with Crippen LogP contribution in [0.15, 0.2) is 97.1 Å². The highest BCUT2D eigenvalue weighted by Gasteiger charge is 2.39. The second-order valence-electron chi connectivity index (χ2n) is 9.91. The van der Waals surface area contributed by atoms with Gasteiger partial charge in [-0.3, -0.25) is 29.0 Å². The standard InChI is InChI=1S/C17H15NO2.C16H13NO3/c1-11-7-9-13(10-8-11)12(2)18-16(19)14-5-3-4-6-15(14)17(18)20;1-10(11-6-8-12(18)9-7-11)17-15(19)13-4-2-3-5-14(13)16(17)20/h3-10,12H,1-2H3;2-10,18H,1H3/t12-;10-/m00/s1. The average Bonchev–Trinajstić information content (AvgIpc) is 3.38. The lowest BCUT2D eigenvalue weighted by atomic mass is 10.1. The van der Waals surface area contributed by atoms with E-state index in [4.69, 9.17) is 0 Å². The van der Waals surface area contributed by atoms with Crippen molar-refractivity contribution in [3.8, 4) is 5.75 Å². The molecule has 4 amide bonds. The van der Waals surface area contributed by atoms with E-state index in [-0.39, 0.29) is 41.5 Å². The Kier molecular flexibility index (Phi) is 7.05. The van der Waals surface area contributed by atoms with E-state index in [2.05, 4.69) is 0 Å². The molecule has 0 spiro atoms. The zero-order valence-corrected chi connectivity index (χ0v) is 22.4. The van der Waals surface area contributed by atoms with Gasteiger partial charge in [-0.2, -0.15) is 0 Å². The smallest absolute Gasteiger partial charge is 0.262 e. The van der Waals surface area contributed by atoms with E-state index in [0.717, 1.165) is 16.7 Å². The molecule has 0 unspecified atom stereocenters. The number of carbonyl (C=O) groups is 4. The lowest BCUT2D eigenvalue weighted by Crippen LogP contribution is -2.32. The Bertz CT molecular complexity index is 1430. The fourth-order valence-corrected chi connectivity index (χ4v) is 5.02. The van der Waals surface area contributed by atoms with E-state index in [1.807, 2.05) is 38.1 Å². The summed E-state index contributed by atoms with van der Waals surface area (Å²) in [6.45, 7) is 5.69. The zero-order chi connectivity index (χ0) is 28.6. The number of hydrogen-bond donors (Lipinski definition) is 1. The maximum absolute atomic E-state index is 12.4. The molecule has 4 aromatic carbocycles. The van der Waals surface area contributed by atoms with Gasteiger partial charge < -0.3 is 5.11 Å². The normalized spacial score (nSPS) is 15.4. The van der Waals surface area contributed by atoms with Crippen molar-refractivity contribution < 1.29 is 24.3 Å². The minimum atomic E-state index is -0.372. The molecule has 7 heteroatoms. The minimum absolute atomic E-state index is 0.156.